The highest BCUT2D eigenvalue weighted by atomic mass is 79.9. The molecule has 0 saturated carbocycles. The molecule has 6 aromatic rings. The third-order valence-electron chi connectivity index (χ3n) is 6.00. The first kappa shape index (κ1) is 19.5. The van der Waals surface area contributed by atoms with Crippen molar-refractivity contribution < 1.29 is 0 Å². The van der Waals surface area contributed by atoms with Crippen LogP contribution in [-0.2, 0) is 0 Å². The molecule has 0 saturated heterocycles. The van der Waals surface area contributed by atoms with Crippen LogP contribution in [0.5, 0.6) is 0 Å². The fourth-order valence-corrected chi connectivity index (χ4v) is 6.70. The van der Waals surface area contributed by atoms with Crippen molar-refractivity contribution in [1.82, 2.24) is 0 Å². The molecule has 0 aliphatic rings. The summed E-state index contributed by atoms with van der Waals surface area (Å²) in [5.41, 5.74) is 7.61. The Labute approximate surface area is 199 Å². The number of benzene rings is 5. The molecule has 1 heterocycles. The first-order chi connectivity index (χ1) is 15.8. The van der Waals surface area contributed by atoms with Gasteiger partial charge >= 0.3 is 0 Å². The molecule has 152 valence electrons. The van der Waals surface area contributed by atoms with Crippen LogP contribution < -0.4 is 0 Å². The summed E-state index contributed by atoms with van der Waals surface area (Å²) in [4.78, 5) is 0. The van der Waals surface area contributed by atoms with Gasteiger partial charge in [-0.3, -0.25) is 0 Å². The minimum atomic E-state index is 1.17. The summed E-state index contributed by atoms with van der Waals surface area (Å²) in [5.74, 6) is 0. The highest BCUT2D eigenvalue weighted by molar-refractivity contribution is 9.11. The molecule has 0 bridgehead atoms. The molecule has 0 nitrogen and oxygen atoms in total. The molecule has 0 fully saturated rings. The number of hydrogen-bond donors (Lipinski definition) is 0. The smallest absolute Gasteiger partial charge is 0.0789 e. The van der Waals surface area contributed by atoms with Crippen molar-refractivity contribution in [2.24, 2.45) is 0 Å². The first-order valence-corrected chi connectivity index (χ1v) is 12.3. The van der Waals surface area contributed by atoms with Crippen LogP contribution in [0, 0.1) is 0 Å². The van der Waals surface area contributed by atoms with Crippen molar-refractivity contribution in [2.75, 3.05) is 0 Å². The lowest BCUT2D eigenvalue weighted by atomic mass is 9.86. The van der Waals surface area contributed by atoms with Gasteiger partial charge in [0.25, 0.3) is 0 Å². The predicted molar refractivity (Wildman–Crippen MR) is 143 cm³/mol. The zero-order valence-corrected chi connectivity index (χ0v) is 19.7. The average molecular weight is 491 g/mol. The lowest BCUT2D eigenvalue weighted by Crippen LogP contribution is -1.90. The maximum Gasteiger partial charge on any atom is 0.0789 e. The van der Waals surface area contributed by atoms with E-state index in [2.05, 4.69) is 131 Å². The molecule has 0 spiro atoms. The van der Waals surface area contributed by atoms with Crippen LogP contribution in [0.25, 0.3) is 54.2 Å². The highest BCUT2D eigenvalue weighted by Crippen LogP contribution is 2.52. The van der Waals surface area contributed by atoms with Gasteiger partial charge in [-0.05, 0) is 49.0 Å². The van der Waals surface area contributed by atoms with E-state index < -0.39 is 0 Å². The minimum absolute atomic E-state index is 1.17. The topological polar surface area (TPSA) is 0 Å². The second-order valence-electron chi connectivity index (χ2n) is 7.85. The van der Waals surface area contributed by atoms with Crippen LogP contribution in [0.4, 0.5) is 0 Å². The fourth-order valence-electron chi connectivity index (χ4n) is 4.65. The van der Waals surface area contributed by atoms with E-state index in [0.29, 0.717) is 0 Å². The van der Waals surface area contributed by atoms with Crippen molar-refractivity contribution in [1.29, 1.82) is 0 Å². The van der Waals surface area contributed by atoms with Crippen LogP contribution in [0.1, 0.15) is 0 Å². The summed E-state index contributed by atoms with van der Waals surface area (Å²) in [7, 11) is 0. The van der Waals surface area contributed by atoms with E-state index in [4.69, 9.17) is 0 Å². The molecule has 2 heteroatoms. The summed E-state index contributed by atoms with van der Waals surface area (Å²) in [6, 6.07) is 41.1. The van der Waals surface area contributed by atoms with Crippen LogP contribution in [0.2, 0.25) is 0 Å². The van der Waals surface area contributed by atoms with Gasteiger partial charge in [0.15, 0.2) is 0 Å². The molecule has 1 aromatic heterocycles. The maximum atomic E-state index is 3.94. The van der Waals surface area contributed by atoms with Gasteiger partial charge in [-0.2, -0.15) is 0 Å². The fraction of sp³-hybridized carbons (Fsp3) is 0. The Morgan fingerprint density at radius 2 is 0.875 bits per heavy atom. The largest absolute Gasteiger partial charge is 0.127 e. The summed E-state index contributed by atoms with van der Waals surface area (Å²) in [5, 5.41) is 3.90. The number of halogens is 1. The normalized spacial score (nSPS) is 11.3. The van der Waals surface area contributed by atoms with Crippen molar-refractivity contribution in [3.05, 3.63) is 119 Å². The monoisotopic (exact) mass is 490 g/mol. The molecule has 0 amide bonds. The summed E-state index contributed by atoms with van der Waals surface area (Å²) in [6.45, 7) is 0. The molecular formula is C30H19BrS. The lowest BCUT2D eigenvalue weighted by molar-refractivity contribution is 1.64. The molecule has 0 unspecified atom stereocenters. The molecule has 0 aliphatic heterocycles. The number of thiophene rings is 1. The van der Waals surface area contributed by atoms with Gasteiger partial charge in [0, 0.05) is 21.2 Å². The summed E-state index contributed by atoms with van der Waals surface area (Å²) < 4.78 is 2.49. The Morgan fingerprint density at radius 3 is 1.44 bits per heavy atom. The van der Waals surface area contributed by atoms with E-state index in [1.807, 2.05) is 11.3 Å². The molecule has 0 atom stereocenters. The number of hydrogen-bond acceptors (Lipinski definition) is 1. The maximum absolute atomic E-state index is 3.94. The van der Waals surface area contributed by atoms with Gasteiger partial charge in [-0.25, -0.2) is 0 Å². The Hall–Kier alpha value is -3.20. The second kappa shape index (κ2) is 8.05. The van der Waals surface area contributed by atoms with Gasteiger partial charge < -0.3 is 0 Å². The summed E-state index contributed by atoms with van der Waals surface area (Å²) in [6.07, 6.45) is 0. The Balaban J connectivity index is 1.87. The van der Waals surface area contributed by atoms with Crippen molar-refractivity contribution in [3.8, 4) is 33.4 Å². The molecule has 6 rings (SSSR count). The third kappa shape index (κ3) is 3.10. The van der Waals surface area contributed by atoms with E-state index >= 15 is 0 Å². The van der Waals surface area contributed by atoms with E-state index in [-0.39, 0.29) is 0 Å². The van der Waals surface area contributed by atoms with Gasteiger partial charge in [0.2, 0.25) is 0 Å². The Bertz CT molecular complexity index is 1550. The average Bonchev–Trinajstić information content (AvgIpc) is 3.21. The van der Waals surface area contributed by atoms with Crippen molar-refractivity contribution >= 4 is 48.1 Å². The van der Waals surface area contributed by atoms with Gasteiger partial charge in [0.05, 0.1) is 3.79 Å². The van der Waals surface area contributed by atoms with Gasteiger partial charge in [-0.1, -0.05) is 115 Å². The quantitative estimate of drug-likeness (QED) is 0.231. The molecule has 0 N–H and O–H groups in total. The van der Waals surface area contributed by atoms with Crippen LogP contribution >= 0.6 is 27.3 Å². The van der Waals surface area contributed by atoms with Crippen LogP contribution in [0.3, 0.4) is 0 Å². The van der Waals surface area contributed by atoms with Crippen molar-refractivity contribution in [3.63, 3.8) is 0 Å². The van der Waals surface area contributed by atoms with E-state index in [9.17, 15) is 0 Å². The van der Waals surface area contributed by atoms with Crippen LogP contribution in [-0.4, -0.2) is 0 Å². The van der Waals surface area contributed by atoms with E-state index in [1.54, 1.807) is 0 Å². The Kier molecular flexibility index (Phi) is 4.90. The number of fused-ring (bicyclic) bond motifs is 3. The number of rotatable bonds is 3. The zero-order valence-electron chi connectivity index (χ0n) is 17.3. The molecular weight excluding hydrogens is 472 g/mol. The lowest BCUT2D eigenvalue weighted by Gasteiger charge is -2.17. The van der Waals surface area contributed by atoms with E-state index in [1.165, 1.54) is 58.0 Å². The molecule has 0 radical (unpaired) electrons. The van der Waals surface area contributed by atoms with Crippen molar-refractivity contribution in [2.45, 2.75) is 0 Å². The highest BCUT2D eigenvalue weighted by Gasteiger charge is 2.23. The zero-order chi connectivity index (χ0) is 21.5. The third-order valence-corrected chi connectivity index (χ3v) is 7.87. The van der Waals surface area contributed by atoms with Gasteiger partial charge in [-0.15, -0.1) is 11.3 Å². The van der Waals surface area contributed by atoms with Gasteiger partial charge in [0.1, 0.15) is 0 Å². The standard InChI is InChI=1S/C30H19BrS/c31-30-27(22-16-8-3-9-17-22)28-24-19-11-10-18-23(24)25(20-12-4-1-5-13-20)26(29(28)32-30)21-14-6-2-7-15-21/h1-19H. The summed E-state index contributed by atoms with van der Waals surface area (Å²) >= 11 is 5.77. The molecule has 0 aliphatic carbocycles. The molecule has 5 aromatic carbocycles. The minimum Gasteiger partial charge on any atom is -0.127 e. The SMILES string of the molecule is Brc1sc2c(-c3ccccc3)c(-c3ccccc3)c3ccccc3c2c1-c1ccccc1. The van der Waals surface area contributed by atoms with E-state index in [0.717, 1.165) is 0 Å². The Morgan fingerprint density at radius 1 is 0.438 bits per heavy atom. The van der Waals surface area contributed by atoms with Crippen LogP contribution in [0.15, 0.2) is 119 Å². The predicted octanol–water partition coefficient (Wildman–Crippen LogP) is 9.82. The molecule has 32 heavy (non-hydrogen) atoms. The second-order valence-corrected chi connectivity index (χ2v) is 10.2. The first-order valence-electron chi connectivity index (χ1n) is 10.7.